The van der Waals surface area contributed by atoms with E-state index in [1.165, 1.54) is 4.90 Å². The van der Waals surface area contributed by atoms with E-state index < -0.39 is 53.7 Å². The van der Waals surface area contributed by atoms with Crippen LogP contribution in [0, 0.1) is 0 Å². The number of ether oxygens (including phenoxy) is 2. The van der Waals surface area contributed by atoms with Gasteiger partial charge in [0.15, 0.2) is 0 Å². The van der Waals surface area contributed by atoms with Crippen LogP contribution in [0.3, 0.4) is 0 Å². The first kappa shape index (κ1) is 20.0. The lowest BCUT2D eigenvalue weighted by molar-refractivity contribution is -0.154. The second-order valence-corrected chi connectivity index (χ2v) is 9.34. The van der Waals surface area contributed by atoms with Gasteiger partial charge in [-0.2, -0.15) is 0 Å². The smallest absolute Gasteiger partial charge is 0.326 e. The van der Waals surface area contributed by atoms with Crippen LogP contribution in [0.25, 0.3) is 0 Å². The Morgan fingerprint density at radius 3 is 2.60 bits per heavy atom. The standard InChI is InChI=1S/C28H36N2O5/c1-5-34-27(33)23(17-15-20-11-7-6-8-12-20)29-22-18-16-21-13-9-10-14-24(21)30(26(22)32)19-25(31)35-28(2,3)4/h6-14,22-23,29H,5,15-19H2,1-4H3/t22-,23+/m1/s1/i6D,7D,8D,11D,12D. The number of hydrogen-bond donors (Lipinski definition) is 1. The molecule has 2 aromatic carbocycles. The summed E-state index contributed by atoms with van der Waals surface area (Å²) in [6, 6.07) is 3.35. The van der Waals surface area contributed by atoms with Crippen LogP contribution in [0.4, 0.5) is 5.69 Å². The maximum absolute atomic E-state index is 13.8. The van der Waals surface area contributed by atoms with Crippen LogP contribution in [-0.2, 0) is 36.7 Å². The third-order valence-corrected chi connectivity index (χ3v) is 5.46. The third-order valence-electron chi connectivity index (χ3n) is 5.46. The molecule has 2 aromatic rings. The highest BCUT2D eigenvalue weighted by atomic mass is 16.6. The van der Waals surface area contributed by atoms with Crippen molar-refractivity contribution >= 4 is 23.5 Å². The number of esters is 2. The molecule has 1 aliphatic heterocycles. The number of carbonyl (C=O) groups excluding carboxylic acids is 3. The molecule has 0 aromatic heterocycles. The van der Waals surface area contributed by atoms with Crippen LogP contribution in [-0.4, -0.2) is 48.7 Å². The third kappa shape index (κ3) is 7.65. The molecular formula is C28H36N2O5. The Bertz CT molecular complexity index is 1250. The van der Waals surface area contributed by atoms with Gasteiger partial charge in [-0.15, -0.1) is 0 Å². The Morgan fingerprint density at radius 1 is 1.20 bits per heavy atom. The predicted octanol–water partition coefficient (Wildman–Crippen LogP) is 3.83. The van der Waals surface area contributed by atoms with E-state index in [1.807, 2.05) is 12.1 Å². The van der Waals surface area contributed by atoms with Gasteiger partial charge in [0.05, 0.1) is 19.5 Å². The molecule has 7 heteroatoms. The minimum atomic E-state index is -1.00. The summed E-state index contributed by atoms with van der Waals surface area (Å²) >= 11 is 0. The van der Waals surface area contributed by atoms with Crippen molar-refractivity contribution in [1.82, 2.24) is 5.32 Å². The topological polar surface area (TPSA) is 84.9 Å². The van der Waals surface area contributed by atoms with Crippen molar-refractivity contribution in [3.63, 3.8) is 0 Å². The summed E-state index contributed by atoms with van der Waals surface area (Å²) in [6.45, 7) is 6.67. The zero-order chi connectivity index (χ0) is 29.8. The fourth-order valence-electron chi connectivity index (χ4n) is 3.98. The van der Waals surface area contributed by atoms with Crippen LogP contribution in [0.5, 0.6) is 0 Å². The van der Waals surface area contributed by atoms with E-state index in [2.05, 4.69) is 5.32 Å². The van der Waals surface area contributed by atoms with E-state index in [4.69, 9.17) is 16.3 Å². The Balaban J connectivity index is 1.88. The number of nitrogens with zero attached hydrogens (tertiary/aromatic N) is 1. The lowest BCUT2D eigenvalue weighted by Crippen LogP contribution is -2.53. The molecule has 188 valence electrons. The summed E-state index contributed by atoms with van der Waals surface area (Å²) in [5.74, 6) is -1.60. The van der Waals surface area contributed by atoms with Crippen molar-refractivity contribution in [3.8, 4) is 0 Å². The van der Waals surface area contributed by atoms with Crippen LogP contribution in [0.15, 0.2) is 54.5 Å². The fraction of sp³-hybridized carbons (Fsp3) is 0.464. The minimum Gasteiger partial charge on any atom is -0.465 e. The molecule has 0 aliphatic carbocycles. The Labute approximate surface area is 214 Å². The van der Waals surface area contributed by atoms with Gasteiger partial charge >= 0.3 is 11.9 Å². The maximum atomic E-state index is 13.8. The number of hydrogen-bond acceptors (Lipinski definition) is 6. The highest BCUT2D eigenvalue weighted by molar-refractivity contribution is 6.02. The van der Waals surface area contributed by atoms with Crippen molar-refractivity contribution in [2.24, 2.45) is 0 Å². The Hall–Kier alpha value is -3.19. The second-order valence-electron chi connectivity index (χ2n) is 9.34. The highest BCUT2D eigenvalue weighted by Crippen LogP contribution is 2.27. The van der Waals surface area contributed by atoms with E-state index >= 15 is 0 Å². The van der Waals surface area contributed by atoms with Gasteiger partial charge in [0.2, 0.25) is 5.91 Å². The van der Waals surface area contributed by atoms with Gasteiger partial charge in [-0.25, -0.2) is 0 Å². The first-order valence-corrected chi connectivity index (χ1v) is 11.8. The molecule has 1 N–H and O–H groups in total. The molecule has 0 spiro atoms. The summed E-state index contributed by atoms with van der Waals surface area (Å²) in [5, 5.41) is 3.10. The summed E-state index contributed by atoms with van der Waals surface area (Å²) in [4.78, 5) is 40.8. The average molecular weight is 486 g/mol. The average Bonchev–Trinajstić information content (AvgIpc) is 3.01. The molecule has 0 saturated carbocycles. The van der Waals surface area contributed by atoms with Gasteiger partial charge in [-0.3, -0.25) is 24.6 Å². The number of anilines is 1. The molecule has 0 radical (unpaired) electrons. The molecule has 0 bridgehead atoms. The molecule has 0 saturated heterocycles. The van der Waals surface area contributed by atoms with Gasteiger partial charge in [0, 0.05) is 5.69 Å². The minimum absolute atomic E-state index is 0.0189. The van der Waals surface area contributed by atoms with E-state index in [0.717, 1.165) is 5.56 Å². The Kier molecular flexibility index (Phi) is 6.86. The number of carbonyl (C=O) groups is 3. The molecule has 35 heavy (non-hydrogen) atoms. The SMILES string of the molecule is [2H]c1c([2H])c([2H])c(CC[C@H](N[C@@H]2CCc3ccccc3N(CC(=O)OC(C)(C)C)C2=O)C(=O)OCC)c([2H])c1[2H]. The quantitative estimate of drug-likeness (QED) is 0.544. The van der Waals surface area contributed by atoms with Crippen molar-refractivity contribution in [2.75, 3.05) is 18.1 Å². The van der Waals surface area contributed by atoms with Gasteiger partial charge in [0.25, 0.3) is 0 Å². The number of amides is 1. The van der Waals surface area contributed by atoms with E-state index in [0.29, 0.717) is 18.5 Å². The number of nitrogens with one attached hydrogen (secondary N) is 1. The Morgan fingerprint density at radius 2 is 1.91 bits per heavy atom. The van der Waals surface area contributed by atoms with Crippen LogP contribution < -0.4 is 10.2 Å². The van der Waals surface area contributed by atoms with Crippen molar-refractivity contribution < 1.29 is 30.7 Å². The largest absolute Gasteiger partial charge is 0.465 e. The molecule has 3 rings (SSSR count). The van der Waals surface area contributed by atoms with Gasteiger partial charge in [-0.1, -0.05) is 48.4 Å². The van der Waals surface area contributed by atoms with E-state index in [9.17, 15) is 14.4 Å². The van der Waals surface area contributed by atoms with E-state index in [1.54, 1.807) is 39.8 Å². The summed E-state index contributed by atoms with van der Waals surface area (Å²) in [6.07, 6.45) is 0.846. The number of rotatable bonds is 9. The van der Waals surface area contributed by atoms with Crippen LogP contribution in [0.2, 0.25) is 0 Å². The summed E-state index contributed by atoms with van der Waals surface area (Å²) in [5.41, 5.74) is 0.805. The van der Waals surface area contributed by atoms with Crippen LogP contribution >= 0.6 is 0 Å². The van der Waals surface area contributed by atoms with Crippen molar-refractivity contribution in [2.45, 2.75) is 71.1 Å². The zero-order valence-corrected chi connectivity index (χ0v) is 20.7. The zero-order valence-electron chi connectivity index (χ0n) is 25.7. The summed E-state index contributed by atoms with van der Waals surface area (Å²) < 4.78 is 50.7. The monoisotopic (exact) mass is 485 g/mol. The molecule has 1 heterocycles. The number of benzene rings is 2. The van der Waals surface area contributed by atoms with Gasteiger partial charge in [0.1, 0.15) is 18.2 Å². The van der Waals surface area contributed by atoms with E-state index in [-0.39, 0.29) is 43.6 Å². The molecule has 0 fully saturated rings. The summed E-state index contributed by atoms with van der Waals surface area (Å²) in [7, 11) is 0. The van der Waals surface area contributed by atoms with Crippen molar-refractivity contribution in [1.29, 1.82) is 0 Å². The fourth-order valence-corrected chi connectivity index (χ4v) is 3.98. The lowest BCUT2D eigenvalue weighted by Gasteiger charge is -2.29. The predicted molar refractivity (Wildman–Crippen MR) is 135 cm³/mol. The lowest BCUT2D eigenvalue weighted by atomic mass is 10.0. The molecular weight excluding hydrogens is 444 g/mol. The van der Waals surface area contributed by atoms with Gasteiger partial charge in [-0.05, 0) is 70.6 Å². The molecule has 1 aliphatic rings. The molecule has 1 amide bonds. The highest BCUT2D eigenvalue weighted by Gasteiger charge is 2.35. The normalized spacial score (nSPS) is 18.7. The number of aryl methyl sites for hydroxylation is 1. The number of fused-ring (bicyclic) bond motifs is 1. The molecule has 0 unspecified atom stereocenters. The first-order chi connectivity index (χ1) is 18.7. The first-order valence-electron chi connectivity index (χ1n) is 14.3. The number of para-hydroxylation sites is 1. The second kappa shape index (κ2) is 12.0. The van der Waals surface area contributed by atoms with Crippen LogP contribution in [0.1, 0.15) is 58.5 Å². The van der Waals surface area contributed by atoms with Crippen molar-refractivity contribution in [3.05, 3.63) is 65.6 Å². The van der Waals surface area contributed by atoms with Gasteiger partial charge < -0.3 is 9.47 Å². The molecule has 2 atom stereocenters. The maximum Gasteiger partial charge on any atom is 0.326 e. The molecule has 7 nitrogen and oxygen atoms in total.